The van der Waals surface area contributed by atoms with Gasteiger partial charge in [0.2, 0.25) is 0 Å². The highest BCUT2D eigenvalue weighted by atomic mass is 79.9. The largest absolute Gasteiger partial charge is 0.390 e. The zero-order chi connectivity index (χ0) is 11.8. The van der Waals surface area contributed by atoms with E-state index in [4.69, 9.17) is 0 Å². The summed E-state index contributed by atoms with van der Waals surface area (Å²) in [5.74, 6) is 0. The van der Waals surface area contributed by atoms with Crippen LogP contribution in [0.1, 0.15) is 6.42 Å². The molecule has 0 fully saturated rings. The lowest BCUT2D eigenvalue weighted by Gasteiger charge is -2.06. The Morgan fingerprint density at radius 3 is 2.75 bits per heavy atom. The first-order valence-electron chi connectivity index (χ1n) is 4.49. The zero-order valence-electron chi connectivity index (χ0n) is 8.00. The molecular formula is C9H7BrF3N3. The van der Waals surface area contributed by atoms with Crippen LogP contribution in [0.15, 0.2) is 23.1 Å². The first-order chi connectivity index (χ1) is 7.46. The van der Waals surface area contributed by atoms with Crippen LogP contribution in [-0.2, 0) is 6.54 Å². The van der Waals surface area contributed by atoms with Crippen molar-refractivity contribution in [3.05, 3.63) is 23.1 Å². The van der Waals surface area contributed by atoms with Crippen LogP contribution in [0.3, 0.4) is 0 Å². The average Bonchev–Trinajstić information content (AvgIpc) is 2.56. The van der Waals surface area contributed by atoms with E-state index in [1.54, 1.807) is 6.07 Å². The molecule has 0 aliphatic heterocycles. The van der Waals surface area contributed by atoms with Gasteiger partial charge in [0.1, 0.15) is 4.60 Å². The van der Waals surface area contributed by atoms with Crippen LogP contribution in [0, 0.1) is 0 Å². The summed E-state index contributed by atoms with van der Waals surface area (Å²) in [5.41, 5.74) is 0.604. The van der Waals surface area contributed by atoms with Gasteiger partial charge < -0.3 is 0 Å². The molecule has 7 heteroatoms. The van der Waals surface area contributed by atoms with Gasteiger partial charge in [0.25, 0.3) is 0 Å². The molecule has 0 bridgehead atoms. The molecule has 0 saturated carbocycles. The van der Waals surface area contributed by atoms with Gasteiger partial charge in [-0.3, -0.25) is 4.68 Å². The quantitative estimate of drug-likeness (QED) is 0.797. The molecule has 86 valence electrons. The molecule has 0 unspecified atom stereocenters. The number of rotatable bonds is 2. The number of nitrogens with zero attached hydrogens (tertiary/aromatic N) is 3. The van der Waals surface area contributed by atoms with Gasteiger partial charge in [-0.1, -0.05) is 0 Å². The van der Waals surface area contributed by atoms with Crippen molar-refractivity contribution in [3.8, 4) is 0 Å². The Bertz CT molecular complexity index is 506. The molecule has 2 heterocycles. The fourth-order valence-electron chi connectivity index (χ4n) is 1.36. The number of fused-ring (bicyclic) bond motifs is 1. The van der Waals surface area contributed by atoms with E-state index in [2.05, 4.69) is 26.0 Å². The summed E-state index contributed by atoms with van der Waals surface area (Å²) in [5, 5.41) is 4.66. The fourth-order valence-corrected chi connectivity index (χ4v) is 1.71. The van der Waals surface area contributed by atoms with E-state index in [1.807, 2.05) is 0 Å². The number of hydrogen-bond acceptors (Lipinski definition) is 2. The summed E-state index contributed by atoms with van der Waals surface area (Å²) >= 11 is 3.18. The van der Waals surface area contributed by atoms with Crippen LogP contribution >= 0.6 is 15.9 Å². The van der Waals surface area contributed by atoms with Gasteiger partial charge in [-0.05, 0) is 22.0 Å². The lowest BCUT2D eigenvalue weighted by molar-refractivity contribution is -0.137. The van der Waals surface area contributed by atoms with Crippen molar-refractivity contribution in [2.24, 2.45) is 0 Å². The van der Waals surface area contributed by atoms with Gasteiger partial charge >= 0.3 is 6.18 Å². The highest BCUT2D eigenvalue weighted by Crippen LogP contribution is 2.22. The lowest BCUT2D eigenvalue weighted by atomic mass is 10.3. The smallest absolute Gasteiger partial charge is 0.263 e. The number of alkyl halides is 3. The van der Waals surface area contributed by atoms with E-state index in [0.717, 1.165) is 5.39 Å². The number of pyridine rings is 1. The minimum Gasteiger partial charge on any atom is -0.263 e. The van der Waals surface area contributed by atoms with Crippen molar-refractivity contribution >= 4 is 26.8 Å². The van der Waals surface area contributed by atoms with Crippen molar-refractivity contribution in [1.82, 2.24) is 14.8 Å². The van der Waals surface area contributed by atoms with Crippen molar-refractivity contribution in [3.63, 3.8) is 0 Å². The van der Waals surface area contributed by atoms with Crippen molar-refractivity contribution in [1.29, 1.82) is 0 Å². The molecule has 0 N–H and O–H groups in total. The Balaban J connectivity index is 2.25. The second-order valence-electron chi connectivity index (χ2n) is 3.30. The molecule has 3 nitrogen and oxygen atoms in total. The first-order valence-corrected chi connectivity index (χ1v) is 5.29. The van der Waals surface area contributed by atoms with E-state index in [1.165, 1.54) is 17.1 Å². The van der Waals surface area contributed by atoms with E-state index < -0.39 is 12.6 Å². The molecule has 0 aromatic carbocycles. The highest BCUT2D eigenvalue weighted by molar-refractivity contribution is 9.10. The third kappa shape index (κ3) is 2.52. The SMILES string of the molecule is FC(F)(F)CCn1ncc2cc(Br)ncc21. The average molecular weight is 294 g/mol. The predicted molar refractivity (Wildman–Crippen MR) is 55.9 cm³/mol. The fraction of sp³-hybridized carbons (Fsp3) is 0.333. The molecule has 0 aliphatic carbocycles. The summed E-state index contributed by atoms with van der Waals surface area (Å²) in [6.45, 7) is -0.184. The van der Waals surface area contributed by atoms with Crippen LogP contribution in [0.25, 0.3) is 10.9 Å². The minimum absolute atomic E-state index is 0.184. The van der Waals surface area contributed by atoms with Gasteiger partial charge in [0.15, 0.2) is 0 Å². The van der Waals surface area contributed by atoms with Crippen LogP contribution in [0.5, 0.6) is 0 Å². The second-order valence-corrected chi connectivity index (χ2v) is 4.11. The van der Waals surface area contributed by atoms with E-state index in [-0.39, 0.29) is 6.54 Å². The van der Waals surface area contributed by atoms with Gasteiger partial charge in [-0.2, -0.15) is 18.3 Å². The Morgan fingerprint density at radius 2 is 2.06 bits per heavy atom. The van der Waals surface area contributed by atoms with Gasteiger partial charge in [-0.15, -0.1) is 0 Å². The molecule has 2 rings (SSSR count). The number of aryl methyl sites for hydroxylation is 1. The molecule has 0 saturated heterocycles. The zero-order valence-corrected chi connectivity index (χ0v) is 9.59. The molecule has 0 spiro atoms. The van der Waals surface area contributed by atoms with E-state index in [0.29, 0.717) is 10.1 Å². The molecular weight excluding hydrogens is 287 g/mol. The number of hydrogen-bond donors (Lipinski definition) is 0. The summed E-state index contributed by atoms with van der Waals surface area (Å²) in [7, 11) is 0. The maximum absolute atomic E-state index is 12.0. The van der Waals surface area contributed by atoms with E-state index in [9.17, 15) is 13.2 Å². The van der Waals surface area contributed by atoms with Crippen LogP contribution in [0.2, 0.25) is 0 Å². The number of aromatic nitrogens is 3. The van der Waals surface area contributed by atoms with Crippen LogP contribution in [0.4, 0.5) is 13.2 Å². The van der Waals surface area contributed by atoms with Gasteiger partial charge in [-0.25, -0.2) is 4.98 Å². The molecule has 0 radical (unpaired) electrons. The number of halogens is 4. The van der Waals surface area contributed by atoms with E-state index >= 15 is 0 Å². The molecule has 0 aliphatic rings. The second kappa shape index (κ2) is 4.04. The van der Waals surface area contributed by atoms with Crippen molar-refractivity contribution in [2.45, 2.75) is 19.1 Å². The predicted octanol–water partition coefficient (Wildman–Crippen LogP) is 3.15. The molecule has 0 atom stereocenters. The van der Waals surface area contributed by atoms with Gasteiger partial charge in [0.05, 0.1) is 30.9 Å². The minimum atomic E-state index is -4.17. The van der Waals surface area contributed by atoms with Gasteiger partial charge in [0, 0.05) is 5.39 Å². The Kier molecular flexibility index (Phi) is 2.88. The van der Waals surface area contributed by atoms with Crippen LogP contribution in [-0.4, -0.2) is 20.9 Å². The standard InChI is InChI=1S/C9H7BrF3N3/c10-8-3-6-4-15-16(7(6)5-14-8)2-1-9(11,12)13/h3-5H,1-2H2. The van der Waals surface area contributed by atoms with Crippen LogP contribution < -0.4 is 0 Å². The summed E-state index contributed by atoms with van der Waals surface area (Å²) in [6.07, 6.45) is -2.03. The Hall–Kier alpha value is -1.11. The molecule has 2 aromatic rings. The monoisotopic (exact) mass is 293 g/mol. The van der Waals surface area contributed by atoms with Crippen molar-refractivity contribution in [2.75, 3.05) is 0 Å². The Morgan fingerprint density at radius 1 is 1.31 bits per heavy atom. The van der Waals surface area contributed by atoms with Crippen molar-refractivity contribution < 1.29 is 13.2 Å². The molecule has 16 heavy (non-hydrogen) atoms. The summed E-state index contributed by atoms with van der Waals surface area (Å²) < 4.78 is 38.1. The summed E-state index contributed by atoms with van der Waals surface area (Å²) in [4.78, 5) is 3.96. The third-order valence-electron chi connectivity index (χ3n) is 2.10. The topological polar surface area (TPSA) is 30.7 Å². The Labute approximate surface area is 97.4 Å². The first kappa shape index (κ1) is 11.4. The maximum Gasteiger partial charge on any atom is 0.390 e. The molecule has 0 amide bonds. The normalized spacial score (nSPS) is 12.2. The lowest BCUT2D eigenvalue weighted by Crippen LogP contribution is -2.12. The highest BCUT2D eigenvalue weighted by Gasteiger charge is 2.27. The summed E-state index contributed by atoms with van der Waals surface area (Å²) in [6, 6.07) is 1.71. The third-order valence-corrected chi connectivity index (χ3v) is 2.54. The maximum atomic E-state index is 12.0. The molecule has 2 aromatic heterocycles.